The largest absolute Gasteiger partial charge is 0.476 e. The van der Waals surface area contributed by atoms with Gasteiger partial charge in [0, 0.05) is 6.54 Å². The molecule has 0 unspecified atom stereocenters. The number of aromatic carboxylic acids is 1. The van der Waals surface area contributed by atoms with E-state index in [2.05, 4.69) is 10.3 Å². The van der Waals surface area contributed by atoms with E-state index in [0.717, 1.165) is 0 Å². The van der Waals surface area contributed by atoms with E-state index >= 15 is 0 Å². The topological polar surface area (TPSA) is 97.7 Å². The molecule has 0 radical (unpaired) electrons. The molecule has 0 aromatic carbocycles. The molecule has 2 aromatic heterocycles. The van der Waals surface area contributed by atoms with Crippen molar-refractivity contribution in [3.63, 3.8) is 0 Å². The number of carbonyl (C=O) groups is 1. The van der Waals surface area contributed by atoms with Gasteiger partial charge in [-0.2, -0.15) is 5.10 Å². The number of carboxylic acids is 1. The van der Waals surface area contributed by atoms with Crippen LogP contribution in [-0.2, 0) is 6.54 Å². The van der Waals surface area contributed by atoms with E-state index in [9.17, 15) is 9.70 Å². The fourth-order valence-electron chi connectivity index (χ4n) is 1.56. The van der Waals surface area contributed by atoms with E-state index in [1.807, 2.05) is 0 Å². The summed E-state index contributed by atoms with van der Waals surface area (Å²) in [6.07, 6.45) is 1.41. The number of rotatable bonds is 4. The van der Waals surface area contributed by atoms with Gasteiger partial charge in [0.05, 0.1) is 6.26 Å². The van der Waals surface area contributed by atoms with Crippen molar-refractivity contribution >= 4 is 11.7 Å². The number of aryl methyl sites for hydroxylation is 1. The van der Waals surface area contributed by atoms with Gasteiger partial charge >= 0.3 is 5.97 Å². The minimum absolute atomic E-state index is 0.143. The molecule has 0 saturated heterocycles. The predicted molar refractivity (Wildman–Crippen MR) is 58.0 cm³/mol. The molecule has 0 spiro atoms. The summed E-state index contributed by atoms with van der Waals surface area (Å²) in [4.78, 5) is 21.8. The molecule has 0 aliphatic carbocycles. The van der Waals surface area contributed by atoms with E-state index in [1.54, 1.807) is 19.1 Å². The molecular formula is C10H9N3O4. The highest BCUT2D eigenvalue weighted by Gasteiger charge is 2.25. The second-order valence-corrected chi connectivity index (χ2v) is 3.24. The predicted octanol–water partition coefficient (Wildman–Crippen LogP) is 2.26. The molecule has 2 heterocycles. The Kier molecular flexibility index (Phi) is 2.73. The van der Waals surface area contributed by atoms with Crippen molar-refractivity contribution < 1.29 is 14.3 Å². The van der Waals surface area contributed by atoms with Gasteiger partial charge in [0.15, 0.2) is 22.8 Å². The van der Waals surface area contributed by atoms with Crippen LogP contribution in [0, 0.1) is 4.91 Å². The highest BCUT2D eigenvalue weighted by Crippen LogP contribution is 2.33. The third kappa shape index (κ3) is 1.71. The molecule has 0 atom stereocenters. The summed E-state index contributed by atoms with van der Waals surface area (Å²) in [7, 11) is 0. The first-order valence-electron chi connectivity index (χ1n) is 4.90. The van der Waals surface area contributed by atoms with Crippen molar-refractivity contribution in [1.82, 2.24) is 9.78 Å². The third-order valence-electron chi connectivity index (χ3n) is 2.28. The second-order valence-electron chi connectivity index (χ2n) is 3.24. The van der Waals surface area contributed by atoms with Crippen molar-refractivity contribution in [1.29, 1.82) is 0 Å². The zero-order valence-corrected chi connectivity index (χ0v) is 8.95. The zero-order chi connectivity index (χ0) is 12.4. The van der Waals surface area contributed by atoms with Gasteiger partial charge in [-0.3, -0.25) is 4.68 Å². The van der Waals surface area contributed by atoms with Crippen molar-refractivity contribution in [2.75, 3.05) is 0 Å². The lowest BCUT2D eigenvalue weighted by Crippen LogP contribution is -2.08. The van der Waals surface area contributed by atoms with Gasteiger partial charge in [0.25, 0.3) is 0 Å². The van der Waals surface area contributed by atoms with Crippen LogP contribution < -0.4 is 0 Å². The molecule has 0 bridgehead atoms. The fraction of sp³-hybridized carbons (Fsp3) is 0.200. The van der Waals surface area contributed by atoms with Crippen LogP contribution in [0.25, 0.3) is 11.5 Å². The monoisotopic (exact) mass is 235 g/mol. The van der Waals surface area contributed by atoms with Crippen molar-refractivity contribution in [3.05, 3.63) is 29.0 Å². The highest BCUT2D eigenvalue weighted by atomic mass is 16.4. The Morgan fingerprint density at radius 1 is 1.65 bits per heavy atom. The molecular weight excluding hydrogens is 226 g/mol. The summed E-state index contributed by atoms with van der Waals surface area (Å²) in [6.45, 7) is 2.05. The van der Waals surface area contributed by atoms with Crippen LogP contribution in [0.4, 0.5) is 5.69 Å². The van der Waals surface area contributed by atoms with Crippen LogP contribution in [0.3, 0.4) is 0 Å². The van der Waals surface area contributed by atoms with E-state index in [-0.39, 0.29) is 17.1 Å². The molecule has 0 aliphatic heterocycles. The van der Waals surface area contributed by atoms with Crippen molar-refractivity contribution in [2.24, 2.45) is 5.18 Å². The Morgan fingerprint density at radius 3 is 2.88 bits per heavy atom. The first-order chi connectivity index (χ1) is 8.19. The summed E-state index contributed by atoms with van der Waals surface area (Å²) in [5, 5.41) is 15.8. The molecule has 88 valence electrons. The van der Waals surface area contributed by atoms with Crippen LogP contribution >= 0.6 is 0 Å². The maximum absolute atomic E-state index is 11.1. The van der Waals surface area contributed by atoms with Gasteiger partial charge in [-0.05, 0) is 24.2 Å². The molecule has 1 N–H and O–H groups in total. The molecule has 7 heteroatoms. The number of furan rings is 1. The number of nitroso groups, excluding NO2 is 1. The van der Waals surface area contributed by atoms with Crippen LogP contribution in [0.15, 0.2) is 28.0 Å². The molecule has 7 nitrogen and oxygen atoms in total. The molecule has 2 aromatic rings. The highest BCUT2D eigenvalue weighted by molar-refractivity contribution is 5.95. The number of nitrogens with zero attached hydrogens (tertiary/aromatic N) is 3. The Balaban J connectivity index is 2.69. The second kappa shape index (κ2) is 4.20. The van der Waals surface area contributed by atoms with Gasteiger partial charge in [0.1, 0.15) is 0 Å². The summed E-state index contributed by atoms with van der Waals surface area (Å²) in [5.74, 6) is -0.930. The third-order valence-corrected chi connectivity index (χ3v) is 2.28. The standard InChI is InChI=1S/C10H9N3O4/c1-2-13-9(10(14)15)8(12-16)7(11-13)6-4-3-5-17-6/h3-5H,2H2,1H3,(H,14,15). The number of aromatic nitrogens is 2. The van der Waals surface area contributed by atoms with Crippen LogP contribution in [0.2, 0.25) is 0 Å². The Morgan fingerprint density at radius 2 is 2.41 bits per heavy atom. The minimum atomic E-state index is -1.24. The number of hydrogen-bond donors (Lipinski definition) is 1. The quantitative estimate of drug-likeness (QED) is 0.819. The number of carboxylic acid groups (broad SMARTS) is 1. The SMILES string of the molecule is CCn1nc(-c2ccco2)c(N=O)c1C(=O)O. The minimum Gasteiger partial charge on any atom is -0.476 e. The maximum Gasteiger partial charge on any atom is 0.356 e. The van der Waals surface area contributed by atoms with E-state index < -0.39 is 5.97 Å². The zero-order valence-electron chi connectivity index (χ0n) is 8.95. The van der Waals surface area contributed by atoms with Gasteiger partial charge in [-0.1, -0.05) is 0 Å². The Bertz CT molecular complexity index is 556. The lowest BCUT2D eigenvalue weighted by molar-refractivity contribution is 0.0684. The fourth-order valence-corrected chi connectivity index (χ4v) is 1.56. The Labute approximate surface area is 95.6 Å². The summed E-state index contributed by atoms with van der Waals surface area (Å²) in [6, 6.07) is 3.21. The van der Waals surface area contributed by atoms with Crippen molar-refractivity contribution in [3.8, 4) is 11.5 Å². The smallest absolute Gasteiger partial charge is 0.356 e. The summed E-state index contributed by atoms with van der Waals surface area (Å²) in [5.41, 5.74) is -0.299. The molecule has 17 heavy (non-hydrogen) atoms. The molecule has 0 saturated carbocycles. The van der Waals surface area contributed by atoms with Crippen molar-refractivity contribution in [2.45, 2.75) is 13.5 Å². The Hall–Kier alpha value is -2.44. The summed E-state index contributed by atoms with van der Waals surface area (Å²) >= 11 is 0. The lowest BCUT2D eigenvalue weighted by Gasteiger charge is -1.97. The van der Waals surface area contributed by atoms with E-state index in [1.165, 1.54) is 10.9 Å². The first-order valence-corrected chi connectivity index (χ1v) is 4.90. The number of hydrogen-bond acceptors (Lipinski definition) is 5. The molecule has 0 amide bonds. The van der Waals surface area contributed by atoms with Crippen LogP contribution in [0.1, 0.15) is 17.4 Å². The van der Waals surface area contributed by atoms with E-state index in [0.29, 0.717) is 12.3 Å². The van der Waals surface area contributed by atoms with Crippen LogP contribution in [-0.4, -0.2) is 20.9 Å². The first kappa shape index (κ1) is 11.1. The normalized spacial score (nSPS) is 10.4. The van der Waals surface area contributed by atoms with Gasteiger partial charge < -0.3 is 9.52 Å². The molecule has 2 rings (SSSR count). The lowest BCUT2D eigenvalue weighted by atomic mass is 10.2. The summed E-state index contributed by atoms with van der Waals surface area (Å²) < 4.78 is 6.29. The average molecular weight is 235 g/mol. The molecule has 0 fully saturated rings. The van der Waals surface area contributed by atoms with Crippen LogP contribution in [0.5, 0.6) is 0 Å². The average Bonchev–Trinajstić information content (AvgIpc) is 2.94. The van der Waals surface area contributed by atoms with E-state index in [4.69, 9.17) is 9.52 Å². The molecule has 0 aliphatic rings. The van der Waals surface area contributed by atoms with Gasteiger partial charge in [-0.25, -0.2) is 4.79 Å². The maximum atomic E-state index is 11.1. The van der Waals surface area contributed by atoms with Gasteiger partial charge in [0.2, 0.25) is 0 Å². The van der Waals surface area contributed by atoms with Gasteiger partial charge in [-0.15, -0.1) is 4.91 Å².